The number of nitrogens with zero attached hydrogens (tertiary/aromatic N) is 4. The second kappa shape index (κ2) is 11.0. The molecule has 1 aromatic heterocycles. The molecule has 1 aromatic carbocycles. The third-order valence-electron chi connectivity index (χ3n) is 6.05. The minimum atomic E-state index is 0.180. The molecular formula is C23H34N6OS. The molecule has 2 aliphatic rings. The van der Waals surface area contributed by atoms with Crippen molar-refractivity contribution >= 4 is 17.7 Å². The van der Waals surface area contributed by atoms with E-state index in [0.29, 0.717) is 0 Å². The monoisotopic (exact) mass is 442 g/mol. The molecule has 4 rings (SSSR count). The van der Waals surface area contributed by atoms with Crippen LogP contribution in [-0.4, -0.2) is 83.6 Å². The van der Waals surface area contributed by atoms with Crippen molar-refractivity contribution < 1.29 is 4.74 Å². The first-order valence-corrected chi connectivity index (χ1v) is 12.5. The number of thioether (sulfide) groups is 1. The van der Waals surface area contributed by atoms with Gasteiger partial charge in [-0.3, -0.25) is 9.89 Å². The molecule has 2 aliphatic heterocycles. The van der Waals surface area contributed by atoms with Gasteiger partial charge in [0, 0.05) is 44.3 Å². The second-order valence-electron chi connectivity index (χ2n) is 8.12. The molecule has 2 fully saturated rings. The van der Waals surface area contributed by atoms with Gasteiger partial charge in [-0.2, -0.15) is 16.9 Å². The van der Waals surface area contributed by atoms with E-state index >= 15 is 0 Å². The van der Waals surface area contributed by atoms with E-state index in [9.17, 15) is 0 Å². The van der Waals surface area contributed by atoms with Crippen LogP contribution in [0.3, 0.4) is 0 Å². The number of guanidine groups is 1. The summed E-state index contributed by atoms with van der Waals surface area (Å²) in [6.45, 7) is 8.41. The van der Waals surface area contributed by atoms with Crippen LogP contribution in [0, 0.1) is 0 Å². The summed E-state index contributed by atoms with van der Waals surface area (Å²) in [5.74, 6) is 3.31. The third kappa shape index (κ3) is 5.81. The molecule has 8 heteroatoms. The molecule has 0 bridgehead atoms. The van der Waals surface area contributed by atoms with E-state index in [0.717, 1.165) is 64.0 Å². The highest BCUT2D eigenvalue weighted by molar-refractivity contribution is 7.99. The van der Waals surface area contributed by atoms with Crippen molar-refractivity contribution in [2.45, 2.75) is 25.3 Å². The fraction of sp³-hybridized carbons (Fsp3) is 0.565. The number of aromatic nitrogens is 2. The summed E-state index contributed by atoms with van der Waals surface area (Å²) in [6.07, 6.45) is 5.92. The SMILES string of the molecule is CCNC(=NCC1(N2CCOCC2)CCSC1)NCCc1ccc(-n2cccn2)cc1. The smallest absolute Gasteiger partial charge is 0.191 e. The van der Waals surface area contributed by atoms with Gasteiger partial charge >= 0.3 is 0 Å². The van der Waals surface area contributed by atoms with Crippen LogP contribution in [0.15, 0.2) is 47.7 Å². The largest absolute Gasteiger partial charge is 0.379 e. The molecule has 3 heterocycles. The molecule has 0 amide bonds. The van der Waals surface area contributed by atoms with Crippen LogP contribution < -0.4 is 10.6 Å². The molecule has 1 atom stereocenters. The van der Waals surface area contributed by atoms with Crippen LogP contribution >= 0.6 is 11.8 Å². The van der Waals surface area contributed by atoms with Crippen molar-refractivity contribution in [3.63, 3.8) is 0 Å². The van der Waals surface area contributed by atoms with E-state index in [1.165, 1.54) is 23.5 Å². The standard InChI is InChI=1S/C23H34N6OS/c1-2-24-22(26-18-23(9-17-31-19-23)28-13-15-30-16-14-28)25-11-8-20-4-6-21(7-5-20)29-12-3-10-27-29/h3-7,10,12H,2,8-9,11,13-19H2,1H3,(H2,24,25,26). The van der Waals surface area contributed by atoms with Crippen molar-refractivity contribution in [1.29, 1.82) is 0 Å². The number of nitrogens with one attached hydrogen (secondary N) is 2. The van der Waals surface area contributed by atoms with Gasteiger partial charge in [0.15, 0.2) is 5.96 Å². The number of morpholine rings is 1. The van der Waals surface area contributed by atoms with Crippen LogP contribution in [0.1, 0.15) is 18.9 Å². The van der Waals surface area contributed by atoms with Gasteiger partial charge in [0.05, 0.1) is 31.0 Å². The summed E-state index contributed by atoms with van der Waals surface area (Å²) in [6, 6.07) is 10.5. The van der Waals surface area contributed by atoms with Crippen LogP contribution in [0.5, 0.6) is 0 Å². The first-order chi connectivity index (χ1) is 15.3. The number of hydrogen-bond acceptors (Lipinski definition) is 5. The predicted octanol–water partition coefficient (Wildman–Crippen LogP) is 2.18. The number of ether oxygens (including phenoxy) is 1. The fourth-order valence-electron chi connectivity index (χ4n) is 4.24. The van der Waals surface area contributed by atoms with Crippen LogP contribution in [-0.2, 0) is 11.2 Å². The van der Waals surface area contributed by atoms with E-state index in [4.69, 9.17) is 9.73 Å². The van der Waals surface area contributed by atoms with Gasteiger partial charge in [0.25, 0.3) is 0 Å². The van der Waals surface area contributed by atoms with Crippen LogP contribution in [0.25, 0.3) is 5.69 Å². The topological polar surface area (TPSA) is 66.7 Å². The van der Waals surface area contributed by atoms with Gasteiger partial charge in [0.2, 0.25) is 0 Å². The highest BCUT2D eigenvalue weighted by Gasteiger charge is 2.40. The normalized spacial score (nSPS) is 22.5. The highest BCUT2D eigenvalue weighted by Crippen LogP contribution is 2.34. The molecule has 2 aromatic rings. The van der Waals surface area contributed by atoms with Crippen molar-refractivity contribution in [1.82, 2.24) is 25.3 Å². The average molecular weight is 443 g/mol. The Hall–Kier alpha value is -2.03. The summed E-state index contributed by atoms with van der Waals surface area (Å²) in [7, 11) is 0. The van der Waals surface area contributed by atoms with Gasteiger partial charge in [-0.1, -0.05) is 12.1 Å². The lowest BCUT2D eigenvalue weighted by atomic mass is 9.96. The number of benzene rings is 1. The van der Waals surface area contributed by atoms with Crippen LogP contribution in [0.2, 0.25) is 0 Å². The summed E-state index contributed by atoms with van der Waals surface area (Å²) in [5, 5.41) is 11.2. The van der Waals surface area contributed by atoms with Crippen molar-refractivity contribution in [2.24, 2.45) is 4.99 Å². The quantitative estimate of drug-likeness (QED) is 0.483. The number of aliphatic imine (C=N–C) groups is 1. The molecule has 1 unspecified atom stereocenters. The van der Waals surface area contributed by atoms with E-state index in [2.05, 4.69) is 63.6 Å². The summed E-state index contributed by atoms with van der Waals surface area (Å²) < 4.78 is 7.46. The molecule has 7 nitrogen and oxygen atoms in total. The lowest BCUT2D eigenvalue weighted by molar-refractivity contribution is -0.0104. The molecule has 31 heavy (non-hydrogen) atoms. The third-order valence-corrected chi connectivity index (χ3v) is 7.29. The summed E-state index contributed by atoms with van der Waals surface area (Å²) >= 11 is 2.06. The molecule has 0 aliphatic carbocycles. The Bertz CT molecular complexity index is 811. The lowest BCUT2D eigenvalue weighted by Gasteiger charge is -2.42. The Morgan fingerprint density at radius 1 is 1.23 bits per heavy atom. The summed E-state index contributed by atoms with van der Waals surface area (Å²) in [5.41, 5.74) is 2.56. The minimum absolute atomic E-state index is 0.180. The maximum Gasteiger partial charge on any atom is 0.191 e. The second-order valence-corrected chi connectivity index (χ2v) is 9.22. The lowest BCUT2D eigenvalue weighted by Crippen LogP contribution is -2.56. The Kier molecular flexibility index (Phi) is 7.88. The number of hydrogen-bond donors (Lipinski definition) is 2. The maximum atomic E-state index is 5.58. The van der Waals surface area contributed by atoms with Crippen molar-refractivity contribution in [3.8, 4) is 5.69 Å². The first-order valence-electron chi connectivity index (χ1n) is 11.3. The van der Waals surface area contributed by atoms with Gasteiger partial charge in [0.1, 0.15) is 0 Å². The number of rotatable bonds is 8. The zero-order chi connectivity index (χ0) is 21.4. The molecule has 0 saturated carbocycles. The Morgan fingerprint density at radius 3 is 2.74 bits per heavy atom. The minimum Gasteiger partial charge on any atom is -0.379 e. The van der Waals surface area contributed by atoms with Gasteiger partial charge in [-0.05, 0) is 49.3 Å². The Labute approximate surface area is 189 Å². The van der Waals surface area contributed by atoms with E-state index in [1.807, 2.05) is 16.9 Å². The fourth-order valence-corrected chi connectivity index (χ4v) is 5.71. The average Bonchev–Trinajstić information content (AvgIpc) is 3.52. The maximum absolute atomic E-state index is 5.58. The van der Waals surface area contributed by atoms with Crippen molar-refractivity contribution in [2.75, 3.05) is 57.4 Å². The zero-order valence-corrected chi connectivity index (χ0v) is 19.2. The molecule has 2 saturated heterocycles. The van der Waals surface area contributed by atoms with E-state index in [-0.39, 0.29) is 5.54 Å². The molecule has 0 radical (unpaired) electrons. The Morgan fingerprint density at radius 2 is 2.06 bits per heavy atom. The zero-order valence-electron chi connectivity index (χ0n) is 18.4. The first kappa shape index (κ1) is 22.2. The van der Waals surface area contributed by atoms with Gasteiger partial charge < -0.3 is 15.4 Å². The molecule has 0 spiro atoms. The van der Waals surface area contributed by atoms with Crippen molar-refractivity contribution in [3.05, 3.63) is 48.3 Å². The van der Waals surface area contributed by atoms with Crippen LogP contribution in [0.4, 0.5) is 0 Å². The van der Waals surface area contributed by atoms with Gasteiger partial charge in [-0.25, -0.2) is 4.68 Å². The summed E-state index contributed by atoms with van der Waals surface area (Å²) in [4.78, 5) is 7.62. The molecule has 168 valence electrons. The molecule has 2 N–H and O–H groups in total. The van der Waals surface area contributed by atoms with Gasteiger partial charge in [-0.15, -0.1) is 0 Å². The Balaban J connectivity index is 1.32. The predicted molar refractivity (Wildman–Crippen MR) is 128 cm³/mol. The molecular weight excluding hydrogens is 408 g/mol. The highest BCUT2D eigenvalue weighted by atomic mass is 32.2. The van der Waals surface area contributed by atoms with E-state index < -0.39 is 0 Å². The van der Waals surface area contributed by atoms with E-state index in [1.54, 1.807) is 6.20 Å².